The standard InChI is InChI=1S/C25H32N2O3.C5H9Cl/c1-3-6-18(2)30-20-11-15-26(16-12-20)13-5-14-27-17-22(25(29)19-9-10-19)21-7-4-8-23(28)24(21)27;1-3-5(2)4-6/h3-4,6-8,17,19-20,28H,2,5,9-16H2,1H3;2-4H2,1H3/b6-3-;. The monoisotopic (exact) mass is 512 g/mol. The molecule has 2 fully saturated rings. The number of aromatic nitrogens is 1. The maximum Gasteiger partial charge on any atom is 0.168 e. The molecule has 36 heavy (non-hydrogen) atoms. The SMILES string of the molecule is C=C(/C=C\C)OC1CCN(CCCn2cc(C(=O)C3CC3)c3cccc(O)c32)CC1.C=C(CC)CCl. The quantitative estimate of drug-likeness (QED) is 0.115. The van der Waals surface area contributed by atoms with E-state index in [1.165, 1.54) is 0 Å². The molecule has 1 aliphatic carbocycles. The number of benzene rings is 1. The van der Waals surface area contributed by atoms with Crippen LogP contribution >= 0.6 is 11.6 Å². The summed E-state index contributed by atoms with van der Waals surface area (Å²) >= 11 is 5.35. The van der Waals surface area contributed by atoms with E-state index in [4.69, 9.17) is 16.3 Å². The van der Waals surface area contributed by atoms with Crippen molar-refractivity contribution in [2.24, 2.45) is 5.92 Å². The average molecular weight is 513 g/mol. The number of ether oxygens (including phenoxy) is 1. The molecular weight excluding hydrogens is 472 g/mol. The Hall–Kier alpha value is -2.50. The number of allylic oxidation sites excluding steroid dienone is 3. The molecule has 1 saturated heterocycles. The van der Waals surface area contributed by atoms with Gasteiger partial charge in [-0.1, -0.05) is 43.9 Å². The van der Waals surface area contributed by atoms with Crippen molar-refractivity contribution in [1.29, 1.82) is 0 Å². The van der Waals surface area contributed by atoms with Crippen molar-refractivity contribution in [3.8, 4) is 5.75 Å². The number of fused-ring (bicyclic) bond motifs is 1. The Balaban J connectivity index is 0.000000538. The summed E-state index contributed by atoms with van der Waals surface area (Å²) in [4.78, 5) is 15.2. The molecule has 196 valence electrons. The number of nitrogens with zero attached hydrogens (tertiary/aromatic N) is 2. The Morgan fingerprint density at radius 3 is 2.50 bits per heavy atom. The fourth-order valence-corrected chi connectivity index (χ4v) is 4.72. The smallest absolute Gasteiger partial charge is 0.168 e. The molecule has 0 amide bonds. The highest BCUT2D eigenvalue weighted by Gasteiger charge is 2.32. The minimum atomic E-state index is 0.179. The van der Waals surface area contributed by atoms with Gasteiger partial charge in [0.25, 0.3) is 0 Å². The molecule has 0 atom stereocenters. The first kappa shape index (κ1) is 28.1. The van der Waals surface area contributed by atoms with E-state index in [0.717, 1.165) is 92.5 Å². The number of alkyl halides is 1. The summed E-state index contributed by atoms with van der Waals surface area (Å²) in [6.07, 6.45) is 12.1. The first-order chi connectivity index (χ1) is 17.4. The molecule has 0 bridgehead atoms. The summed E-state index contributed by atoms with van der Waals surface area (Å²) in [5.74, 6) is 2.01. The Labute approximate surface area is 221 Å². The number of piperidine rings is 1. The zero-order chi connectivity index (χ0) is 26.1. The molecule has 1 N–H and O–H groups in total. The van der Waals surface area contributed by atoms with Crippen LogP contribution in [0.2, 0.25) is 0 Å². The van der Waals surface area contributed by atoms with Crippen LogP contribution in [-0.4, -0.2) is 52.0 Å². The van der Waals surface area contributed by atoms with Crippen LogP contribution in [0, 0.1) is 5.92 Å². The van der Waals surface area contributed by atoms with Crippen LogP contribution in [0.15, 0.2) is 61.0 Å². The summed E-state index contributed by atoms with van der Waals surface area (Å²) in [6, 6.07) is 5.48. The summed E-state index contributed by atoms with van der Waals surface area (Å²) < 4.78 is 7.96. The Kier molecular flexibility index (Phi) is 10.7. The maximum absolute atomic E-state index is 12.7. The number of halogens is 1. The lowest BCUT2D eigenvalue weighted by Crippen LogP contribution is -2.37. The van der Waals surface area contributed by atoms with Crippen molar-refractivity contribution in [3.63, 3.8) is 0 Å². The van der Waals surface area contributed by atoms with Crippen LogP contribution in [0.5, 0.6) is 5.75 Å². The van der Waals surface area contributed by atoms with Gasteiger partial charge in [0.2, 0.25) is 0 Å². The van der Waals surface area contributed by atoms with Crippen LogP contribution in [0.1, 0.15) is 62.7 Å². The molecule has 6 heteroatoms. The molecule has 5 nitrogen and oxygen atoms in total. The number of para-hydroxylation sites is 1. The van der Waals surface area contributed by atoms with Gasteiger partial charge in [-0.15, -0.1) is 11.6 Å². The van der Waals surface area contributed by atoms with Gasteiger partial charge >= 0.3 is 0 Å². The van der Waals surface area contributed by atoms with Crippen molar-refractivity contribution in [2.75, 3.05) is 25.5 Å². The van der Waals surface area contributed by atoms with Gasteiger partial charge in [0.05, 0.1) is 5.52 Å². The number of carbonyl (C=O) groups excluding carboxylic acids is 1. The third-order valence-corrected chi connectivity index (χ3v) is 7.24. The second kappa shape index (κ2) is 13.7. The predicted molar refractivity (Wildman–Crippen MR) is 150 cm³/mol. The number of carbonyl (C=O) groups is 1. The number of hydrogen-bond acceptors (Lipinski definition) is 4. The lowest BCUT2D eigenvalue weighted by Gasteiger charge is -2.32. The van der Waals surface area contributed by atoms with Crippen LogP contribution in [0.4, 0.5) is 0 Å². The summed E-state index contributed by atoms with van der Waals surface area (Å²) in [6.45, 7) is 15.4. The van der Waals surface area contributed by atoms with Gasteiger partial charge in [-0.25, -0.2) is 0 Å². The Morgan fingerprint density at radius 1 is 1.19 bits per heavy atom. The molecule has 2 aromatic rings. The number of phenolic OH excluding ortho intramolecular Hbond substituents is 1. The molecule has 2 heterocycles. The van der Waals surface area contributed by atoms with E-state index in [-0.39, 0.29) is 23.6 Å². The molecule has 0 spiro atoms. The first-order valence-electron chi connectivity index (χ1n) is 13.2. The minimum absolute atomic E-state index is 0.179. The van der Waals surface area contributed by atoms with Gasteiger partial charge in [-0.3, -0.25) is 4.79 Å². The number of aryl methyl sites for hydroxylation is 1. The third-order valence-electron chi connectivity index (χ3n) is 6.86. The van der Waals surface area contributed by atoms with E-state index in [1.54, 1.807) is 6.07 Å². The zero-order valence-electron chi connectivity index (χ0n) is 21.8. The number of hydrogen-bond donors (Lipinski definition) is 1. The van der Waals surface area contributed by atoms with Crippen LogP contribution < -0.4 is 0 Å². The topological polar surface area (TPSA) is 54.7 Å². The minimum Gasteiger partial charge on any atom is -0.506 e. The number of ketones is 1. The molecule has 2 aliphatic rings. The lowest BCUT2D eigenvalue weighted by molar-refractivity contribution is 0.0557. The van der Waals surface area contributed by atoms with Crippen LogP contribution in [-0.2, 0) is 11.3 Å². The Morgan fingerprint density at radius 2 is 1.92 bits per heavy atom. The lowest BCUT2D eigenvalue weighted by atomic mass is 10.1. The molecule has 1 aromatic carbocycles. The van der Waals surface area contributed by atoms with Gasteiger partial charge in [-0.05, 0) is 64.1 Å². The van der Waals surface area contributed by atoms with Gasteiger partial charge < -0.3 is 19.3 Å². The fourth-order valence-electron chi connectivity index (χ4n) is 4.53. The summed E-state index contributed by atoms with van der Waals surface area (Å²) in [5.41, 5.74) is 2.66. The van der Waals surface area contributed by atoms with E-state index in [9.17, 15) is 9.90 Å². The molecule has 1 aliphatic heterocycles. The van der Waals surface area contributed by atoms with Gasteiger partial charge in [0.15, 0.2) is 5.78 Å². The van der Waals surface area contributed by atoms with Crippen molar-refractivity contribution in [3.05, 3.63) is 66.6 Å². The number of Topliss-reactive ketones (excluding diaryl/α,β-unsaturated/α-hetero) is 1. The second-order valence-corrected chi connectivity index (χ2v) is 10.0. The third kappa shape index (κ3) is 7.75. The number of aromatic hydroxyl groups is 1. The molecule has 1 saturated carbocycles. The van der Waals surface area contributed by atoms with Gasteiger partial charge in [0, 0.05) is 48.6 Å². The molecular formula is C30H41ClN2O3. The van der Waals surface area contributed by atoms with E-state index < -0.39 is 0 Å². The van der Waals surface area contributed by atoms with E-state index in [2.05, 4.69) is 22.6 Å². The Bertz CT molecular complexity index is 1070. The molecule has 4 rings (SSSR count). The molecule has 0 unspecified atom stereocenters. The highest BCUT2D eigenvalue weighted by Crippen LogP contribution is 2.37. The normalized spacial score (nSPS) is 16.6. The van der Waals surface area contributed by atoms with E-state index >= 15 is 0 Å². The van der Waals surface area contributed by atoms with Crippen molar-refractivity contribution in [1.82, 2.24) is 9.47 Å². The maximum atomic E-state index is 12.7. The predicted octanol–water partition coefficient (Wildman–Crippen LogP) is 7.09. The van der Waals surface area contributed by atoms with Crippen LogP contribution in [0.25, 0.3) is 10.9 Å². The summed E-state index contributed by atoms with van der Waals surface area (Å²) in [7, 11) is 0. The number of phenols is 1. The van der Waals surface area contributed by atoms with E-state index in [1.807, 2.05) is 44.3 Å². The first-order valence-corrected chi connectivity index (χ1v) is 13.7. The fraction of sp³-hybridized carbons (Fsp3) is 0.500. The average Bonchev–Trinajstić information content (AvgIpc) is 3.66. The van der Waals surface area contributed by atoms with Gasteiger partial charge in [-0.2, -0.15) is 0 Å². The zero-order valence-corrected chi connectivity index (χ0v) is 22.6. The molecule has 1 aromatic heterocycles. The van der Waals surface area contributed by atoms with E-state index in [0.29, 0.717) is 5.88 Å². The van der Waals surface area contributed by atoms with Crippen molar-refractivity contribution in [2.45, 2.75) is 65.0 Å². The van der Waals surface area contributed by atoms with Crippen molar-refractivity contribution < 1.29 is 14.6 Å². The van der Waals surface area contributed by atoms with Crippen molar-refractivity contribution >= 4 is 28.3 Å². The number of likely N-dealkylation sites (tertiary alicyclic amines) is 1. The highest BCUT2D eigenvalue weighted by molar-refractivity contribution is 6.19. The molecule has 0 radical (unpaired) electrons. The highest BCUT2D eigenvalue weighted by atomic mass is 35.5. The van der Waals surface area contributed by atoms with Gasteiger partial charge in [0.1, 0.15) is 17.6 Å². The largest absolute Gasteiger partial charge is 0.506 e. The second-order valence-electron chi connectivity index (χ2n) is 9.76. The number of rotatable bonds is 11. The van der Waals surface area contributed by atoms with Crippen LogP contribution in [0.3, 0.4) is 0 Å². The summed E-state index contributed by atoms with van der Waals surface area (Å²) in [5, 5.41) is 11.3.